The molecule has 0 saturated heterocycles. The summed E-state index contributed by atoms with van der Waals surface area (Å²) in [7, 11) is 0. The van der Waals surface area contributed by atoms with Crippen molar-refractivity contribution in [3.63, 3.8) is 0 Å². The predicted octanol–water partition coefficient (Wildman–Crippen LogP) is 6.24. The molecule has 0 unspecified atom stereocenters. The van der Waals surface area contributed by atoms with E-state index in [-0.39, 0.29) is 47.0 Å². The van der Waals surface area contributed by atoms with E-state index in [1.165, 1.54) is 5.57 Å². The molecular weight excluding hydrogens is 384 g/mol. The summed E-state index contributed by atoms with van der Waals surface area (Å²) in [6.45, 7) is 4.03. The minimum Gasteiger partial charge on any atom is -0.295 e. The second kappa shape index (κ2) is 6.92. The van der Waals surface area contributed by atoms with Crippen molar-refractivity contribution in [2.24, 2.45) is 34.5 Å². The van der Waals surface area contributed by atoms with Gasteiger partial charge in [-0.15, -0.1) is 0 Å². The summed E-state index contributed by atoms with van der Waals surface area (Å²) in [6, 6.07) is 0. The monoisotopic (exact) mass is 410 g/mol. The number of allylic oxidation sites excluding steroid dienone is 3. The molecule has 0 aromatic carbocycles. The van der Waals surface area contributed by atoms with Crippen LogP contribution in [-0.2, 0) is 9.59 Å². The van der Waals surface area contributed by atoms with Crippen LogP contribution in [0.15, 0.2) is 35.5 Å². The van der Waals surface area contributed by atoms with E-state index in [2.05, 4.69) is 6.92 Å². The Kier molecular flexibility index (Phi) is 4.90. The molecule has 158 valence electrons. The number of fused-ring (bicyclic) bond motifs is 5. The predicted molar refractivity (Wildman–Crippen MR) is 100 cm³/mol. The summed E-state index contributed by atoms with van der Waals surface area (Å²) in [4.78, 5) is 24.5. The van der Waals surface area contributed by atoms with Crippen LogP contribution in [0.1, 0.15) is 58.8 Å². The molecular formula is C23H26F4O2. The molecule has 3 saturated carbocycles. The van der Waals surface area contributed by atoms with Crippen molar-refractivity contribution < 1.29 is 27.2 Å². The summed E-state index contributed by atoms with van der Waals surface area (Å²) in [5.74, 6) is -1.60. The van der Waals surface area contributed by atoms with Crippen LogP contribution in [0, 0.1) is 34.5 Å². The average Bonchev–Trinajstić information content (AvgIpc) is 2.95. The molecule has 0 heterocycles. The lowest BCUT2D eigenvalue weighted by Crippen LogP contribution is -2.51. The Labute approximate surface area is 168 Å². The van der Waals surface area contributed by atoms with Gasteiger partial charge in [-0.25, -0.2) is 0 Å². The van der Waals surface area contributed by atoms with Gasteiger partial charge >= 0.3 is 0 Å². The Bertz CT molecular complexity index is 849. The van der Waals surface area contributed by atoms with Crippen LogP contribution in [0.3, 0.4) is 0 Å². The van der Waals surface area contributed by atoms with Gasteiger partial charge in [0.25, 0.3) is 12.2 Å². The number of hydrogen-bond donors (Lipinski definition) is 0. The zero-order chi connectivity index (χ0) is 21.1. The fourth-order valence-electron chi connectivity index (χ4n) is 7.28. The highest BCUT2D eigenvalue weighted by molar-refractivity contribution is 5.95. The molecule has 3 fully saturated rings. The first-order valence-electron chi connectivity index (χ1n) is 10.4. The van der Waals surface area contributed by atoms with Crippen molar-refractivity contribution in [1.29, 1.82) is 0 Å². The number of ketones is 2. The third-order valence-corrected chi connectivity index (χ3v) is 8.63. The standard InChI is InChI=1S/C23H26F4O2/c1-22-7-5-13(28)9-12(22)3-4-14-16(22)6-8-23(2)17(14)10-15(21(26)27)20(23)18(29)11-19(24)25/h9,11,14,16-17,20H,3-8,10H2,1-2H3/t14-,16+,17+,20-,22+,23+/m1/s1. The second-order valence-electron chi connectivity index (χ2n) is 9.77. The molecule has 0 aromatic rings. The van der Waals surface area contributed by atoms with Gasteiger partial charge in [0, 0.05) is 18.1 Å². The SMILES string of the molecule is C[C@]12CC[C@H]3[C@@H](CCC4=CC(=O)CC[C@@]43C)[C@@H]1CC(=C(F)F)[C@@H]2C(=O)C=C(F)F. The molecule has 0 aliphatic heterocycles. The topological polar surface area (TPSA) is 34.1 Å². The van der Waals surface area contributed by atoms with E-state index in [1.807, 2.05) is 6.92 Å². The molecule has 29 heavy (non-hydrogen) atoms. The van der Waals surface area contributed by atoms with Crippen LogP contribution in [0.2, 0.25) is 0 Å². The largest absolute Gasteiger partial charge is 0.295 e. The number of halogens is 4. The van der Waals surface area contributed by atoms with Crippen LogP contribution >= 0.6 is 0 Å². The van der Waals surface area contributed by atoms with Gasteiger partial charge in [0.2, 0.25) is 0 Å². The Morgan fingerprint density at radius 1 is 1.07 bits per heavy atom. The molecule has 0 bridgehead atoms. The average molecular weight is 410 g/mol. The van der Waals surface area contributed by atoms with Gasteiger partial charge in [-0.2, -0.15) is 17.6 Å². The molecule has 0 spiro atoms. The van der Waals surface area contributed by atoms with E-state index >= 15 is 0 Å². The number of carbonyl (C=O) groups excluding carboxylic acids is 2. The fraction of sp³-hybridized carbons (Fsp3) is 0.652. The van der Waals surface area contributed by atoms with Crippen molar-refractivity contribution >= 4 is 11.6 Å². The third-order valence-electron chi connectivity index (χ3n) is 8.63. The smallest absolute Gasteiger partial charge is 0.273 e. The lowest BCUT2D eigenvalue weighted by atomic mass is 9.46. The molecule has 0 radical (unpaired) electrons. The Hall–Kier alpha value is -1.72. The molecule has 0 N–H and O–H groups in total. The quantitative estimate of drug-likeness (QED) is 0.399. The van der Waals surface area contributed by atoms with Crippen LogP contribution in [0.25, 0.3) is 0 Å². The third kappa shape index (κ3) is 3.05. The van der Waals surface area contributed by atoms with Crippen LogP contribution in [-0.4, -0.2) is 11.6 Å². The van der Waals surface area contributed by atoms with E-state index in [1.54, 1.807) is 6.08 Å². The second-order valence-corrected chi connectivity index (χ2v) is 9.77. The summed E-state index contributed by atoms with van der Waals surface area (Å²) in [6.07, 6.45) is 2.27. The summed E-state index contributed by atoms with van der Waals surface area (Å²) >= 11 is 0. The number of hydrogen-bond acceptors (Lipinski definition) is 2. The van der Waals surface area contributed by atoms with Crippen molar-refractivity contribution in [2.45, 2.75) is 58.8 Å². The highest BCUT2D eigenvalue weighted by atomic mass is 19.3. The van der Waals surface area contributed by atoms with Crippen LogP contribution in [0.4, 0.5) is 17.6 Å². The van der Waals surface area contributed by atoms with Gasteiger partial charge in [0.15, 0.2) is 11.6 Å². The van der Waals surface area contributed by atoms with E-state index in [0.717, 1.165) is 25.7 Å². The van der Waals surface area contributed by atoms with E-state index in [9.17, 15) is 27.2 Å². The molecule has 4 aliphatic carbocycles. The van der Waals surface area contributed by atoms with Crippen molar-refractivity contribution in [3.8, 4) is 0 Å². The van der Waals surface area contributed by atoms with Gasteiger partial charge in [0.1, 0.15) is 0 Å². The Morgan fingerprint density at radius 3 is 2.45 bits per heavy atom. The van der Waals surface area contributed by atoms with E-state index in [4.69, 9.17) is 0 Å². The molecule has 4 rings (SSSR count). The summed E-state index contributed by atoms with van der Waals surface area (Å²) in [5.41, 5.74) is 0.0963. The van der Waals surface area contributed by atoms with Crippen molar-refractivity contribution in [2.75, 3.05) is 0 Å². The summed E-state index contributed by atoms with van der Waals surface area (Å²) < 4.78 is 53.1. The number of carbonyl (C=O) groups is 2. The number of rotatable bonds is 2. The summed E-state index contributed by atoms with van der Waals surface area (Å²) in [5, 5.41) is 0. The molecule has 4 aliphatic rings. The lowest BCUT2D eigenvalue weighted by molar-refractivity contribution is -0.125. The molecule has 6 atom stereocenters. The first-order chi connectivity index (χ1) is 13.6. The minimum absolute atomic E-state index is 0.103. The zero-order valence-electron chi connectivity index (χ0n) is 16.7. The highest BCUT2D eigenvalue weighted by Crippen LogP contribution is 2.68. The van der Waals surface area contributed by atoms with Gasteiger partial charge in [-0.1, -0.05) is 19.4 Å². The Balaban J connectivity index is 1.73. The maximum Gasteiger partial charge on any atom is 0.273 e. The van der Waals surface area contributed by atoms with Crippen molar-refractivity contribution in [1.82, 2.24) is 0 Å². The molecule has 0 amide bonds. The highest BCUT2D eigenvalue weighted by Gasteiger charge is 2.62. The maximum absolute atomic E-state index is 13.8. The lowest BCUT2D eigenvalue weighted by Gasteiger charge is -2.57. The van der Waals surface area contributed by atoms with Crippen molar-refractivity contribution in [3.05, 3.63) is 35.5 Å². The Morgan fingerprint density at radius 2 is 1.79 bits per heavy atom. The normalized spacial score (nSPS) is 41.1. The minimum atomic E-state index is -2.14. The fourth-order valence-corrected chi connectivity index (χ4v) is 7.28. The van der Waals surface area contributed by atoms with E-state index in [0.29, 0.717) is 12.8 Å². The van der Waals surface area contributed by atoms with Gasteiger partial charge in [-0.3, -0.25) is 9.59 Å². The molecule has 6 heteroatoms. The van der Waals surface area contributed by atoms with Crippen LogP contribution in [0.5, 0.6) is 0 Å². The van der Waals surface area contributed by atoms with Gasteiger partial charge < -0.3 is 0 Å². The van der Waals surface area contributed by atoms with Gasteiger partial charge in [-0.05, 0) is 73.2 Å². The first-order valence-corrected chi connectivity index (χ1v) is 10.4. The van der Waals surface area contributed by atoms with Gasteiger partial charge in [0.05, 0.1) is 5.92 Å². The molecule has 2 nitrogen and oxygen atoms in total. The first kappa shape index (κ1) is 20.5. The maximum atomic E-state index is 13.8. The molecule has 0 aromatic heterocycles. The van der Waals surface area contributed by atoms with E-state index < -0.39 is 29.3 Å². The zero-order valence-corrected chi connectivity index (χ0v) is 16.7. The van der Waals surface area contributed by atoms with Crippen LogP contribution < -0.4 is 0 Å².